The second kappa shape index (κ2) is 6.19. The Hall–Kier alpha value is -3.09. The lowest BCUT2D eigenvalue weighted by atomic mass is 9.91. The van der Waals surface area contributed by atoms with Gasteiger partial charge in [0.05, 0.1) is 25.2 Å². The van der Waals surface area contributed by atoms with Crippen LogP contribution in [0.3, 0.4) is 0 Å². The summed E-state index contributed by atoms with van der Waals surface area (Å²) in [5.74, 6) is 0.528. The van der Waals surface area contributed by atoms with Gasteiger partial charge in [-0.2, -0.15) is 0 Å². The molecule has 0 bridgehead atoms. The average molecular weight is 328 g/mol. The molecule has 0 amide bonds. The highest BCUT2D eigenvalue weighted by molar-refractivity contribution is 6.03. The summed E-state index contributed by atoms with van der Waals surface area (Å²) in [5.41, 5.74) is 1.71. The molecule has 7 nitrogen and oxygen atoms in total. The van der Waals surface area contributed by atoms with Gasteiger partial charge in [-0.25, -0.2) is 0 Å². The smallest absolute Gasteiger partial charge is 0.311 e. The molecule has 24 heavy (non-hydrogen) atoms. The van der Waals surface area contributed by atoms with E-state index in [1.807, 2.05) is 12.1 Å². The van der Waals surface area contributed by atoms with Gasteiger partial charge in [0.25, 0.3) is 0 Å². The third-order valence-corrected chi connectivity index (χ3v) is 4.05. The Bertz CT molecular complexity index is 819. The molecule has 7 heteroatoms. The van der Waals surface area contributed by atoms with Crippen LogP contribution in [-0.4, -0.2) is 24.9 Å². The van der Waals surface area contributed by atoms with Crippen molar-refractivity contribution in [2.24, 2.45) is 0 Å². The van der Waals surface area contributed by atoms with Gasteiger partial charge in [-0.05, 0) is 12.1 Å². The highest BCUT2D eigenvalue weighted by atomic mass is 16.6. The number of ketones is 1. The van der Waals surface area contributed by atoms with Crippen LogP contribution in [0.5, 0.6) is 11.5 Å². The molecule has 2 aromatic carbocycles. The Kier molecular flexibility index (Phi) is 4.07. The number of methoxy groups -OCH3 is 2. The number of fused-ring (bicyclic) bond motifs is 1. The zero-order valence-electron chi connectivity index (χ0n) is 13.2. The average Bonchev–Trinajstić information content (AvgIpc) is 2.60. The molecule has 0 saturated heterocycles. The molecular weight excluding hydrogens is 312 g/mol. The van der Waals surface area contributed by atoms with E-state index >= 15 is 0 Å². The normalized spacial score (nSPS) is 16.1. The van der Waals surface area contributed by atoms with Crippen molar-refractivity contribution in [1.29, 1.82) is 0 Å². The van der Waals surface area contributed by atoms with E-state index in [0.29, 0.717) is 22.6 Å². The maximum absolute atomic E-state index is 12.4. The summed E-state index contributed by atoms with van der Waals surface area (Å²) in [5, 5.41) is 14.5. The second-order valence-corrected chi connectivity index (χ2v) is 5.39. The summed E-state index contributed by atoms with van der Waals surface area (Å²) >= 11 is 0. The number of benzene rings is 2. The van der Waals surface area contributed by atoms with Crippen molar-refractivity contribution in [1.82, 2.24) is 0 Å². The fourth-order valence-corrected chi connectivity index (χ4v) is 2.90. The number of nitrogens with one attached hydrogen (secondary N) is 1. The van der Waals surface area contributed by atoms with Crippen molar-refractivity contribution < 1.29 is 19.2 Å². The molecular formula is C17H16N2O5. The molecule has 0 radical (unpaired) electrons. The summed E-state index contributed by atoms with van der Waals surface area (Å²) in [6.45, 7) is 0. The van der Waals surface area contributed by atoms with E-state index in [1.54, 1.807) is 12.1 Å². The predicted molar refractivity (Wildman–Crippen MR) is 88.0 cm³/mol. The number of carbonyl (C=O) groups excluding carboxylic acids is 1. The number of nitrogens with zero attached hydrogens (tertiary/aromatic N) is 1. The largest absolute Gasteiger partial charge is 0.496 e. The van der Waals surface area contributed by atoms with Crippen LogP contribution in [0.25, 0.3) is 0 Å². The fraction of sp³-hybridized carbons (Fsp3) is 0.235. The van der Waals surface area contributed by atoms with E-state index in [-0.39, 0.29) is 23.6 Å². The summed E-state index contributed by atoms with van der Waals surface area (Å²) in [4.78, 5) is 23.1. The Morgan fingerprint density at radius 3 is 2.54 bits per heavy atom. The number of anilines is 1. The molecule has 0 saturated carbocycles. The van der Waals surface area contributed by atoms with E-state index in [0.717, 1.165) is 0 Å². The van der Waals surface area contributed by atoms with Crippen molar-refractivity contribution in [2.45, 2.75) is 12.5 Å². The quantitative estimate of drug-likeness (QED) is 0.683. The number of para-hydroxylation sites is 1. The molecule has 3 rings (SSSR count). The van der Waals surface area contributed by atoms with E-state index < -0.39 is 11.0 Å². The summed E-state index contributed by atoms with van der Waals surface area (Å²) in [7, 11) is 2.84. The standard InChI is InChI=1S/C17H16N2O5/c1-23-16-9-17(24-2)14(19(21)22)7-11(16)13-8-15(20)10-5-3-4-6-12(10)18-13/h3-7,9,13,18H,8H2,1-2H3. The summed E-state index contributed by atoms with van der Waals surface area (Å²) < 4.78 is 10.4. The minimum atomic E-state index is -0.514. The van der Waals surface area contributed by atoms with E-state index in [2.05, 4.69) is 5.32 Å². The number of Topliss-reactive ketones (excluding diaryl/α,β-unsaturated/α-hetero) is 1. The van der Waals surface area contributed by atoms with Crippen molar-refractivity contribution >= 4 is 17.2 Å². The third-order valence-electron chi connectivity index (χ3n) is 4.05. The monoisotopic (exact) mass is 328 g/mol. The molecule has 2 aromatic rings. The number of nitro groups is 1. The van der Waals surface area contributed by atoms with Gasteiger partial charge in [-0.15, -0.1) is 0 Å². The van der Waals surface area contributed by atoms with Gasteiger partial charge in [0, 0.05) is 35.4 Å². The van der Waals surface area contributed by atoms with Crippen LogP contribution < -0.4 is 14.8 Å². The number of ether oxygens (including phenoxy) is 2. The zero-order chi connectivity index (χ0) is 17.3. The molecule has 0 aromatic heterocycles. The molecule has 1 atom stereocenters. The number of hydrogen-bond donors (Lipinski definition) is 1. The lowest BCUT2D eigenvalue weighted by molar-refractivity contribution is -0.385. The SMILES string of the molecule is COc1cc(OC)c([N+](=O)[O-])cc1C1CC(=O)c2ccccc2N1. The molecule has 0 aliphatic carbocycles. The highest BCUT2D eigenvalue weighted by Crippen LogP contribution is 2.41. The van der Waals surface area contributed by atoms with Crippen LogP contribution >= 0.6 is 0 Å². The van der Waals surface area contributed by atoms with Gasteiger partial charge in [-0.3, -0.25) is 14.9 Å². The van der Waals surface area contributed by atoms with Crippen molar-refractivity contribution in [3.8, 4) is 11.5 Å². The van der Waals surface area contributed by atoms with Crippen LogP contribution in [0.2, 0.25) is 0 Å². The Balaban J connectivity index is 2.08. The zero-order valence-corrected chi connectivity index (χ0v) is 13.2. The summed E-state index contributed by atoms with van der Waals surface area (Å²) in [6, 6.07) is 9.66. The lowest BCUT2D eigenvalue weighted by Crippen LogP contribution is -2.23. The highest BCUT2D eigenvalue weighted by Gasteiger charge is 2.30. The van der Waals surface area contributed by atoms with Crippen LogP contribution in [0.4, 0.5) is 11.4 Å². The van der Waals surface area contributed by atoms with Crippen LogP contribution in [0, 0.1) is 10.1 Å². The topological polar surface area (TPSA) is 90.7 Å². The first-order valence-electron chi connectivity index (χ1n) is 7.34. The maximum Gasteiger partial charge on any atom is 0.311 e. The van der Waals surface area contributed by atoms with E-state index in [1.165, 1.54) is 26.4 Å². The van der Waals surface area contributed by atoms with Crippen LogP contribution in [-0.2, 0) is 0 Å². The number of carbonyl (C=O) groups is 1. The second-order valence-electron chi connectivity index (χ2n) is 5.39. The van der Waals surface area contributed by atoms with Gasteiger partial charge in [0.15, 0.2) is 5.78 Å². The van der Waals surface area contributed by atoms with Gasteiger partial charge < -0.3 is 14.8 Å². The summed E-state index contributed by atoms with van der Waals surface area (Å²) in [6.07, 6.45) is 0.191. The van der Waals surface area contributed by atoms with Gasteiger partial charge in [-0.1, -0.05) is 12.1 Å². The first kappa shape index (κ1) is 15.8. The third kappa shape index (κ3) is 2.64. The number of hydrogen-bond acceptors (Lipinski definition) is 6. The number of nitro benzene ring substituents is 1. The molecule has 0 fully saturated rings. The van der Waals surface area contributed by atoms with E-state index in [9.17, 15) is 14.9 Å². The minimum absolute atomic E-state index is 0.0186. The molecule has 0 spiro atoms. The van der Waals surface area contributed by atoms with Crippen LogP contribution in [0.15, 0.2) is 36.4 Å². The molecule has 1 unspecified atom stereocenters. The van der Waals surface area contributed by atoms with Crippen molar-refractivity contribution in [3.05, 3.63) is 57.6 Å². The lowest BCUT2D eigenvalue weighted by Gasteiger charge is -2.27. The fourth-order valence-electron chi connectivity index (χ4n) is 2.90. The van der Waals surface area contributed by atoms with Gasteiger partial charge in [0.2, 0.25) is 5.75 Å². The first-order valence-corrected chi connectivity index (χ1v) is 7.34. The first-order chi connectivity index (χ1) is 11.5. The van der Waals surface area contributed by atoms with Crippen molar-refractivity contribution in [2.75, 3.05) is 19.5 Å². The molecule has 124 valence electrons. The van der Waals surface area contributed by atoms with Crippen molar-refractivity contribution in [3.63, 3.8) is 0 Å². The van der Waals surface area contributed by atoms with Crippen LogP contribution in [0.1, 0.15) is 28.4 Å². The van der Waals surface area contributed by atoms with E-state index in [4.69, 9.17) is 9.47 Å². The Morgan fingerprint density at radius 1 is 1.17 bits per heavy atom. The molecule has 1 aliphatic rings. The van der Waals surface area contributed by atoms with Gasteiger partial charge in [0.1, 0.15) is 5.75 Å². The number of rotatable bonds is 4. The minimum Gasteiger partial charge on any atom is -0.496 e. The molecule has 1 heterocycles. The molecule has 1 aliphatic heterocycles. The predicted octanol–water partition coefficient (Wildman–Crippen LogP) is 3.35. The maximum atomic E-state index is 12.4. The molecule has 1 N–H and O–H groups in total. The van der Waals surface area contributed by atoms with Gasteiger partial charge >= 0.3 is 5.69 Å². The Morgan fingerprint density at radius 2 is 1.88 bits per heavy atom. The Labute approximate surface area is 138 Å².